The Labute approximate surface area is 108 Å². The first kappa shape index (κ1) is 16.9. The molecule has 0 aliphatic heterocycles. The normalized spacial score (nSPS) is 12.3. The largest absolute Gasteiger partial charge is 0.394 e. The Morgan fingerprint density at radius 1 is 1.28 bits per heavy atom. The Bertz CT molecular complexity index is 256. The topological polar surface area (TPSA) is 87.7 Å². The fourth-order valence-corrected chi connectivity index (χ4v) is 1.42. The van der Waals surface area contributed by atoms with Crippen molar-refractivity contribution in [1.82, 2.24) is 10.6 Å². The van der Waals surface area contributed by atoms with E-state index in [1.807, 2.05) is 13.8 Å². The number of carbonyl (C=O) groups excluding carboxylic acids is 2. The first-order valence-electron chi connectivity index (χ1n) is 6.22. The van der Waals surface area contributed by atoms with Crippen molar-refractivity contribution >= 4 is 11.8 Å². The summed E-state index contributed by atoms with van der Waals surface area (Å²) in [5, 5.41) is 13.9. The van der Waals surface area contributed by atoms with Crippen LogP contribution in [0.2, 0.25) is 0 Å². The second kappa shape index (κ2) is 9.85. The number of hydrogen-bond donors (Lipinski definition) is 3. The van der Waals surface area contributed by atoms with Gasteiger partial charge < -0.3 is 20.5 Å². The first-order valence-corrected chi connectivity index (χ1v) is 6.22. The molecule has 6 heteroatoms. The summed E-state index contributed by atoms with van der Waals surface area (Å²) in [5.41, 5.74) is 0. The Balaban J connectivity index is 3.85. The highest BCUT2D eigenvalue weighted by Gasteiger charge is 2.22. The third-order valence-corrected chi connectivity index (χ3v) is 2.31. The lowest BCUT2D eigenvalue weighted by molar-refractivity contribution is -0.129. The molecule has 0 saturated carbocycles. The molecule has 3 N–H and O–H groups in total. The summed E-state index contributed by atoms with van der Waals surface area (Å²) in [4.78, 5) is 22.8. The van der Waals surface area contributed by atoms with E-state index in [-0.39, 0.29) is 24.3 Å². The molecule has 106 valence electrons. The molecule has 1 atom stereocenters. The van der Waals surface area contributed by atoms with E-state index >= 15 is 0 Å². The van der Waals surface area contributed by atoms with Gasteiger partial charge in [0.1, 0.15) is 6.04 Å². The number of amides is 2. The van der Waals surface area contributed by atoms with E-state index in [9.17, 15) is 9.59 Å². The minimum atomic E-state index is -0.499. The van der Waals surface area contributed by atoms with Crippen molar-refractivity contribution in [2.45, 2.75) is 33.2 Å². The standard InChI is InChI=1S/C12H24N2O4/c1-9(2)11(14-10(3)16)12(17)13-5-4-7-18-8-6-15/h9,11,15H,4-8H2,1-3H3,(H,13,17)(H,14,16). The average molecular weight is 260 g/mol. The lowest BCUT2D eigenvalue weighted by atomic mass is 10.0. The minimum absolute atomic E-state index is 0.00428. The van der Waals surface area contributed by atoms with Gasteiger partial charge in [-0.15, -0.1) is 0 Å². The van der Waals surface area contributed by atoms with Crippen LogP contribution in [0.4, 0.5) is 0 Å². The van der Waals surface area contributed by atoms with E-state index in [0.29, 0.717) is 26.2 Å². The second-order valence-corrected chi connectivity index (χ2v) is 4.40. The lowest BCUT2D eigenvalue weighted by Gasteiger charge is -2.20. The second-order valence-electron chi connectivity index (χ2n) is 4.40. The molecule has 0 aliphatic carbocycles. The van der Waals surface area contributed by atoms with Crippen LogP contribution in [0.3, 0.4) is 0 Å². The van der Waals surface area contributed by atoms with Crippen molar-refractivity contribution < 1.29 is 19.4 Å². The lowest BCUT2D eigenvalue weighted by Crippen LogP contribution is -2.49. The monoisotopic (exact) mass is 260 g/mol. The highest BCUT2D eigenvalue weighted by molar-refractivity contribution is 5.86. The van der Waals surface area contributed by atoms with E-state index in [2.05, 4.69) is 10.6 Å². The van der Waals surface area contributed by atoms with Crippen molar-refractivity contribution in [2.75, 3.05) is 26.4 Å². The van der Waals surface area contributed by atoms with Gasteiger partial charge in [-0.05, 0) is 12.3 Å². The predicted octanol–water partition coefficient (Wildman–Crippen LogP) is -0.338. The summed E-state index contributed by atoms with van der Waals surface area (Å²) in [6.45, 7) is 6.46. The molecular formula is C12H24N2O4. The molecule has 0 aliphatic rings. The van der Waals surface area contributed by atoms with Gasteiger partial charge >= 0.3 is 0 Å². The Morgan fingerprint density at radius 3 is 2.44 bits per heavy atom. The van der Waals surface area contributed by atoms with Gasteiger partial charge in [0.2, 0.25) is 11.8 Å². The summed E-state index contributed by atoms with van der Waals surface area (Å²) in [5.74, 6) is -0.350. The molecule has 2 amide bonds. The molecule has 0 bridgehead atoms. The highest BCUT2D eigenvalue weighted by Crippen LogP contribution is 2.01. The van der Waals surface area contributed by atoms with Crippen molar-refractivity contribution in [3.8, 4) is 0 Å². The molecule has 0 saturated heterocycles. The van der Waals surface area contributed by atoms with Gasteiger partial charge in [-0.2, -0.15) is 0 Å². The van der Waals surface area contributed by atoms with Gasteiger partial charge in [-0.25, -0.2) is 0 Å². The van der Waals surface area contributed by atoms with Crippen LogP contribution in [-0.2, 0) is 14.3 Å². The molecule has 6 nitrogen and oxygen atoms in total. The van der Waals surface area contributed by atoms with Crippen LogP contribution in [0.25, 0.3) is 0 Å². The molecule has 0 fully saturated rings. The van der Waals surface area contributed by atoms with Gasteiger partial charge in [-0.1, -0.05) is 13.8 Å². The molecular weight excluding hydrogens is 236 g/mol. The molecule has 0 spiro atoms. The van der Waals surface area contributed by atoms with E-state index < -0.39 is 6.04 Å². The van der Waals surface area contributed by atoms with Crippen LogP contribution in [-0.4, -0.2) is 49.3 Å². The van der Waals surface area contributed by atoms with E-state index in [0.717, 1.165) is 0 Å². The van der Waals surface area contributed by atoms with Crippen LogP contribution < -0.4 is 10.6 Å². The molecule has 0 aromatic heterocycles. The minimum Gasteiger partial charge on any atom is -0.394 e. The Kier molecular flexibility index (Phi) is 9.22. The smallest absolute Gasteiger partial charge is 0.242 e. The summed E-state index contributed by atoms with van der Waals surface area (Å²) in [6.07, 6.45) is 0.677. The van der Waals surface area contributed by atoms with Gasteiger partial charge in [-0.3, -0.25) is 9.59 Å². The Hall–Kier alpha value is -1.14. The molecule has 0 heterocycles. The summed E-state index contributed by atoms with van der Waals surface area (Å²) in [6, 6.07) is -0.499. The molecule has 1 unspecified atom stereocenters. The fraction of sp³-hybridized carbons (Fsp3) is 0.833. The van der Waals surface area contributed by atoms with Crippen LogP contribution in [0.1, 0.15) is 27.2 Å². The number of ether oxygens (including phenoxy) is 1. The quantitative estimate of drug-likeness (QED) is 0.495. The zero-order chi connectivity index (χ0) is 14.0. The van der Waals surface area contributed by atoms with Gasteiger partial charge in [0.25, 0.3) is 0 Å². The van der Waals surface area contributed by atoms with Crippen LogP contribution >= 0.6 is 0 Å². The molecule has 0 radical (unpaired) electrons. The number of aliphatic hydroxyl groups excluding tert-OH is 1. The van der Waals surface area contributed by atoms with Crippen LogP contribution in [0, 0.1) is 5.92 Å². The van der Waals surface area contributed by atoms with Gasteiger partial charge in [0.15, 0.2) is 0 Å². The first-order chi connectivity index (χ1) is 8.49. The van der Waals surface area contributed by atoms with Gasteiger partial charge in [0.05, 0.1) is 13.2 Å². The molecule has 18 heavy (non-hydrogen) atoms. The van der Waals surface area contributed by atoms with Crippen molar-refractivity contribution in [3.63, 3.8) is 0 Å². The third kappa shape index (κ3) is 8.03. The van der Waals surface area contributed by atoms with Crippen LogP contribution in [0.5, 0.6) is 0 Å². The van der Waals surface area contributed by atoms with Crippen LogP contribution in [0.15, 0.2) is 0 Å². The maximum atomic E-state index is 11.8. The summed E-state index contributed by atoms with van der Waals surface area (Å²) >= 11 is 0. The van der Waals surface area contributed by atoms with E-state index in [1.165, 1.54) is 6.92 Å². The Morgan fingerprint density at radius 2 is 1.94 bits per heavy atom. The average Bonchev–Trinajstić information content (AvgIpc) is 2.29. The van der Waals surface area contributed by atoms with Crippen molar-refractivity contribution in [2.24, 2.45) is 5.92 Å². The zero-order valence-electron chi connectivity index (χ0n) is 11.4. The summed E-state index contributed by atoms with van der Waals surface area (Å²) in [7, 11) is 0. The SMILES string of the molecule is CC(=O)NC(C(=O)NCCCOCCO)C(C)C. The number of rotatable bonds is 9. The highest BCUT2D eigenvalue weighted by atomic mass is 16.5. The summed E-state index contributed by atoms with van der Waals surface area (Å²) < 4.78 is 5.07. The van der Waals surface area contributed by atoms with Crippen molar-refractivity contribution in [1.29, 1.82) is 0 Å². The zero-order valence-corrected chi connectivity index (χ0v) is 11.4. The van der Waals surface area contributed by atoms with Crippen molar-refractivity contribution in [3.05, 3.63) is 0 Å². The van der Waals surface area contributed by atoms with E-state index in [1.54, 1.807) is 0 Å². The number of aliphatic hydroxyl groups is 1. The maximum Gasteiger partial charge on any atom is 0.242 e. The number of carbonyl (C=O) groups is 2. The molecule has 0 aromatic rings. The molecule has 0 aromatic carbocycles. The maximum absolute atomic E-state index is 11.8. The van der Waals surface area contributed by atoms with E-state index in [4.69, 9.17) is 9.84 Å². The fourth-order valence-electron chi connectivity index (χ4n) is 1.42. The predicted molar refractivity (Wildman–Crippen MR) is 68.0 cm³/mol. The van der Waals surface area contributed by atoms with Gasteiger partial charge in [0, 0.05) is 20.1 Å². The number of hydrogen-bond acceptors (Lipinski definition) is 4. The third-order valence-electron chi connectivity index (χ3n) is 2.31. The number of nitrogens with one attached hydrogen (secondary N) is 2. The molecule has 0 rings (SSSR count).